The maximum Gasteiger partial charge on any atom is 0.191 e. The first-order valence-corrected chi connectivity index (χ1v) is 10.5. The quantitative estimate of drug-likeness (QED) is 0.400. The first kappa shape index (κ1) is 17.3. The van der Waals surface area contributed by atoms with Crippen LogP contribution in [0.25, 0.3) is 39.1 Å². The summed E-state index contributed by atoms with van der Waals surface area (Å²) >= 11 is 0. The topological polar surface area (TPSA) is 69.1 Å². The van der Waals surface area contributed by atoms with E-state index in [2.05, 4.69) is 39.6 Å². The highest BCUT2D eigenvalue weighted by molar-refractivity contribution is 5.96. The number of hydrogen-bond acceptors (Lipinski definition) is 5. The van der Waals surface area contributed by atoms with E-state index in [0.29, 0.717) is 17.5 Å². The molecular formula is C24H21N5O. The molecule has 0 bridgehead atoms. The smallest absolute Gasteiger partial charge is 0.191 e. The van der Waals surface area contributed by atoms with Gasteiger partial charge in [-0.25, -0.2) is 0 Å². The molecule has 0 N–H and O–H groups in total. The molecule has 0 atom stereocenters. The number of benzene rings is 2. The van der Waals surface area contributed by atoms with Crippen molar-refractivity contribution in [2.75, 3.05) is 0 Å². The molecule has 30 heavy (non-hydrogen) atoms. The van der Waals surface area contributed by atoms with E-state index in [1.165, 1.54) is 31.1 Å². The summed E-state index contributed by atoms with van der Waals surface area (Å²) < 4.78 is 7.47. The molecule has 1 saturated carbocycles. The van der Waals surface area contributed by atoms with Gasteiger partial charge in [-0.1, -0.05) is 72.6 Å². The van der Waals surface area contributed by atoms with E-state index in [-0.39, 0.29) is 0 Å². The second kappa shape index (κ2) is 6.76. The third-order valence-corrected chi connectivity index (χ3v) is 6.17. The van der Waals surface area contributed by atoms with Crippen LogP contribution in [0.2, 0.25) is 0 Å². The molecule has 148 valence electrons. The summed E-state index contributed by atoms with van der Waals surface area (Å²) in [5.74, 6) is 1.86. The fourth-order valence-corrected chi connectivity index (χ4v) is 4.69. The summed E-state index contributed by atoms with van der Waals surface area (Å²) in [6, 6.07) is 18.4. The Balaban J connectivity index is 1.64. The van der Waals surface area contributed by atoms with Crippen LogP contribution in [0.5, 0.6) is 0 Å². The van der Waals surface area contributed by atoms with Crippen LogP contribution in [-0.2, 0) is 0 Å². The van der Waals surface area contributed by atoms with Crippen LogP contribution in [0.3, 0.4) is 0 Å². The van der Waals surface area contributed by atoms with Gasteiger partial charge in [0, 0.05) is 22.3 Å². The van der Waals surface area contributed by atoms with Crippen molar-refractivity contribution in [3.8, 4) is 22.6 Å². The predicted octanol–water partition coefficient (Wildman–Crippen LogP) is 5.57. The van der Waals surface area contributed by atoms with Crippen molar-refractivity contribution in [3.63, 3.8) is 0 Å². The maximum atomic E-state index is 5.58. The van der Waals surface area contributed by atoms with Crippen molar-refractivity contribution in [2.45, 2.75) is 38.5 Å². The Labute approximate surface area is 173 Å². The molecule has 1 aliphatic carbocycles. The molecule has 0 radical (unpaired) electrons. The summed E-state index contributed by atoms with van der Waals surface area (Å²) in [5, 5.41) is 20.8. The van der Waals surface area contributed by atoms with Gasteiger partial charge in [-0.05, 0) is 19.8 Å². The van der Waals surface area contributed by atoms with E-state index in [1.807, 2.05) is 41.8 Å². The molecule has 0 aliphatic heterocycles. The third kappa shape index (κ3) is 2.56. The fraction of sp³-hybridized carbons (Fsp3) is 0.250. The second-order valence-corrected chi connectivity index (χ2v) is 8.00. The monoisotopic (exact) mass is 395 g/mol. The lowest BCUT2D eigenvalue weighted by atomic mass is 9.98. The zero-order valence-electron chi connectivity index (χ0n) is 16.7. The molecule has 6 nitrogen and oxygen atoms in total. The number of fused-ring (bicyclic) bond motifs is 3. The van der Waals surface area contributed by atoms with Gasteiger partial charge in [0.05, 0.1) is 11.3 Å². The van der Waals surface area contributed by atoms with Crippen molar-refractivity contribution in [1.82, 2.24) is 25.0 Å². The minimum atomic E-state index is 0.478. The van der Waals surface area contributed by atoms with Gasteiger partial charge in [0.1, 0.15) is 11.5 Å². The van der Waals surface area contributed by atoms with E-state index < -0.39 is 0 Å². The molecule has 3 heterocycles. The Morgan fingerprint density at radius 3 is 2.43 bits per heavy atom. The number of aromatic nitrogens is 5. The largest absolute Gasteiger partial charge is 0.360 e. The summed E-state index contributed by atoms with van der Waals surface area (Å²) in [7, 11) is 0. The minimum Gasteiger partial charge on any atom is -0.360 e. The molecule has 0 unspecified atom stereocenters. The first-order valence-electron chi connectivity index (χ1n) is 10.5. The van der Waals surface area contributed by atoms with Crippen LogP contribution in [0.1, 0.15) is 43.1 Å². The number of rotatable bonds is 3. The van der Waals surface area contributed by atoms with Gasteiger partial charge in [-0.2, -0.15) is 9.61 Å². The summed E-state index contributed by atoms with van der Waals surface area (Å²) in [5.41, 5.74) is 4.50. The van der Waals surface area contributed by atoms with Crippen LogP contribution in [0.15, 0.2) is 59.1 Å². The van der Waals surface area contributed by atoms with Gasteiger partial charge < -0.3 is 4.52 Å². The maximum absolute atomic E-state index is 5.58. The zero-order chi connectivity index (χ0) is 20.1. The number of aryl methyl sites for hydroxylation is 1. The van der Waals surface area contributed by atoms with Crippen LogP contribution >= 0.6 is 0 Å². The standard InChI is InChI=1S/C24H21N5O/c1-15-20(22(28-30-15)17-9-3-2-4-10-17)24-26-25-23-19-14-8-7-13-18(19)21(27-29(23)24)16-11-5-6-12-16/h2-4,7-10,13-14,16H,5-6,11-12H2,1H3. The lowest BCUT2D eigenvalue weighted by Crippen LogP contribution is -2.05. The van der Waals surface area contributed by atoms with Crippen LogP contribution < -0.4 is 0 Å². The molecule has 1 fully saturated rings. The molecule has 0 amide bonds. The molecule has 1 aliphatic rings. The van der Waals surface area contributed by atoms with Crippen LogP contribution in [0, 0.1) is 6.92 Å². The van der Waals surface area contributed by atoms with Crippen molar-refractivity contribution in [3.05, 3.63) is 66.1 Å². The molecule has 2 aromatic carbocycles. The molecule has 0 saturated heterocycles. The summed E-state index contributed by atoms with van der Waals surface area (Å²) in [6.45, 7) is 1.91. The molecule has 0 spiro atoms. The molecule has 3 aromatic heterocycles. The number of nitrogens with zero attached hydrogens (tertiary/aromatic N) is 5. The Kier molecular flexibility index (Phi) is 3.91. The Morgan fingerprint density at radius 2 is 1.63 bits per heavy atom. The van der Waals surface area contributed by atoms with Gasteiger partial charge >= 0.3 is 0 Å². The zero-order valence-corrected chi connectivity index (χ0v) is 16.7. The van der Waals surface area contributed by atoms with E-state index in [9.17, 15) is 0 Å². The molecule has 5 aromatic rings. The van der Waals surface area contributed by atoms with E-state index >= 15 is 0 Å². The summed E-state index contributed by atoms with van der Waals surface area (Å²) in [4.78, 5) is 0. The van der Waals surface area contributed by atoms with Gasteiger partial charge in [0.25, 0.3) is 0 Å². The van der Waals surface area contributed by atoms with Gasteiger partial charge in [-0.15, -0.1) is 10.2 Å². The third-order valence-electron chi connectivity index (χ3n) is 6.17. The first-order chi connectivity index (χ1) is 14.8. The van der Waals surface area contributed by atoms with Crippen molar-refractivity contribution < 1.29 is 4.52 Å². The predicted molar refractivity (Wildman–Crippen MR) is 115 cm³/mol. The van der Waals surface area contributed by atoms with E-state index in [0.717, 1.165) is 33.5 Å². The van der Waals surface area contributed by atoms with Gasteiger partial charge in [0.15, 0.2) is 11.5 Å². The highest BCUT2D eigenvalue weighted by Gasteiger charge is 2.26. The van der Waals surface area contributed by atoms with E-state index in [1.54, 1.807) is 0 Å². The lowest BCUT2D eigenvalue weighted by Gasteiger charge is -2.13. The van der Waals surface area contributed by atoms with Crippen LogP contribution in [0.4, 0.5) is 0 Å². The Morgan fingerprint density at radius 1 is 0.900 bits per heavy atom. The van der Waals surface area contributed by atoms with Crippen molar-refractivity contribution in [1.29, 1.82) is 0 Å². The SMILES string of the molecule is Cc1onc(-c2ccccc2)c1-c1nnc2c3ccccc3c(C3CCCC3)nn12. The normalized spacial score (nSPS) is 14.8. The Bertz CT molecular complexity index is 1360. The fourth-order valence-electron chi connectivity index (χ4n) is 4.69. The molecule has 6 heteroatoms. The van der Waals surface area contributed by atoms with Crippen LogP contribution in [-0.4, -0.2) is 25.0 Å². The summed E-state index contributed by atoms with van der Waals surface area (Å²) in [6.07, 6.45) is 4.89. The highest BCUT2D eigenvalue weighted by Crippen LogP contribution is 2.39. The Hall–Kier alpha value is -3.54. The minimum absolute atomic E-state index is 0.478. The average Bonchev–Trinajstić information content (AvgIpc) is 3.53. The number of hydrogen-bond donors (Lipinski definition) is 0. The highest BCUT2D eigenvalue weighted by atomic mass is 16.5. The van der Waals surface area contributed by atoms with Crippen molar-refractivity contribution in [2.24, 2.45) is 0 Å². The van der Waals surface area contributed by atoms with Crippen molar-refractivity contribution >= 4 is 16.4 Å². The van der Waals surface area contributed by atoms with Gasteiger partial charge in [-0.3, -0.25) is 0 Å². The molecular weight excluding hydrogens is 374 g/mol. The average molecular weight is 395 g/mol. The van der Waals surface area contributed by atoms with Gasteiger partial charge in [0.2, 0.25) is 0 Å². The lowest BCUT2D eigenvalue weighted by molar-refractivity contribution is 0.400. The second-order valence-electron chi connectivity index (χ2n) is 8.00. The molecule has 6 rings (SSSR count). The van der Waals surface area contributed by atoms with E-state index in [4.69, 9.17) is 9.62 Å².